The predicted molar refractivity (Wildman–Crippen MR) is 143 cm³/mol. The van der Waals surface area contributed by atoms with Crippen molar-refractivity contribution in [1.29, 1.82) is 0 Å². The molecule has 0 aliphatic rings. The van der Waals surface area contributed by atoms with Gasteiger partial charge < -0.3 is 14.4 Å². The van der Waals surface area contributed by atoms with E-state index in [4.69, 9.17) is 15.9 Å². The molecule has 8 heteroatoms. The van der Waals surface area contributed by atoms with Crippen molar-refractivity contribution in [3.8, 4) is 34.9 Å². The number of benzene rings is 2. The van der Waals surface area contributed by atoms with Crippen LogP contribution in [-0.4, -0.2) is 29.3 Å². The van der Waals surface area contributed by atoms with Crippen LogP contribution in [0, 0.1) is 18.3 Å². The predicted octanol–water partition coefficient (Wildman–Crippen LogP) is 6.29. The van der Waals surface area contributed by atoms with Crippen molar-refractivity contribution in [3.05, 3.63) is 77.2 Å². The number of terminal acetylenes is 1. The maximum Gasteiger partial charge on any atom is 0.322 e. The molecule has 0 aliphatic heterocycles. The molecule has 3 atom stereocenters. The van der Waals surface area contributed by atoms with Gasteiger partial charge in [0.1, 0.15) is 11.9 Å². The van der Waals surface area contributed by atoms with Gasteiger partial charge in [0.25, 0.3) is 0 Å². The van der Waals surface area contributed by atoms with Gasteiger partial charge in [-0.25, -0.2) is 4.39 Å². The number of nitrogens with zero attached hydrogens (tertiary/aromatic N) is 1. The Morgan fingerprint density at radius 3 is 2.32 bits per heavy atom. The molecule has 0 aliphatic carbocycles. The van der Waals surface area contributed by atoms with E-state index in [1.165, 1.54) is 19.2 Å². The van der Waals surface area contributed by atoms with Crippen LogP contribution in [0.2, 0.25) is 0 Å². The molecule has 37 heavy (non-hydrogen) atoms. The van der Waals surface area contributed by atoms with Crippen LogP contribution in [0.3, 0.4) is 0 Å². The number of aromatic nitrogens is 1. The Kier molecular flexibility index (Phi) is 9.77. The highest BCUT2D eigenvalue weighted by atomic mass is 31.1. The number of carbonyl (C=O) groups is 1. The molecule has 0 saturated carbocycles. The summed E-state index contributed by atoms with van der Waals surface area (Å²) in [6, 6.07) is 15.7. The van der Waals surface area contributed by atoms with Crippen molar-refractivity contribution < 1.29 is 28.1 Å². The number of hydrogen-bond acceptors (Lipinski definition) is 6. The molecular weight excluding hydrogens is 492 g/mol. The Hall–Kier alpha value is -3.30. The lowest BCUT2D eigenvalue weighted by atomic mass is 9.84. The molecule has 0 fully saturated rings. The van der Waals surface area contributed by atoms with Gasteiger partial charge in [0.2, 0.25) is 8.03 Å². The van der Waals surface area contributed by atoms with Crippen LogP contribution in [-0.2, 0) is 25.0 Å². The maximum atomic E-state index is 13.9. The number of halogens is 1. The quantitative estimate of drug-likeness (QED) is 0.191. The molecule has 2 aromatic carbocycles. The first-order valence-electron chi connectivity index (χ1n) is 12.0. The zero-order chi connectivity index (χ0) is 27.1. The molecule has 0 spiro atoms. The van der Waals surface area contributed by atoms with Gasteiger partial charge in [-0.3, -0.25) is 14.3 Å². The van der Waals surface area contributed by atoms with Crippen molar-refractivity contribution >= 4 is 14.0 Å². The normalized spacial score (nSPS) is 13.6. The highest BCUT2D eigenvalue weighted by molar-refractivity contribution is 7.39. The SMILES string of the molecule is C#COC(=O)CC(O)C(c1c(C(C)C)nc(-c2ccccc2)c(CC)c1-c1ccc(F)cc1)[PH](=O)OC. The monoisotopic (exact) mass is 523 g/mol. The second-order valence-electron chi connectivity index (χ2n) is 8.86. The van der Waals surface area contributed by atoms with E-state index in [0.717, 1.165) is 16.8 Å². The highest BCUT2D eigenvalue weighted by Gasteiger charge is 2.36. The van der Waals surface area contributed by atoms with Crippen molar-refractivity contribution in [1.82, 2.24) is 4.98 Å². The number of esters is 1. The first-order valence-corrected chi connectivity index (χ1v) is 13.4. The Morgan fingerprint density at radius 1 is 1.14 bits per heavy atom. The summed E-state index contributed by atoms with van der Waals surface area (Å²) in [4.78, 5) is 17.2. The summed E-state index contributed by atoms with van der Waals surface area (Å²) < 4.78 is 37.2. The van der Waals surface area contributed by atoms with Crippen molar-refractivity contribution in [2.45, 2.75) is 51.3 Å². The molecule has 0 bridgehead atoms. The summed E-state index contributed by atoms with van der Waals surface area (Å²) in [5.41, 5.74) is 3.84. The summed E-state index contributed by atoms with van der Waals surface area (Å²) in [5, 5.41) is 11.2. The van der Waals surface area contributed by atoms with E-state index in [1.807, 2.05) is 51.1 Å². The van der Waals surface area contributed by atoms with E-state index >= 15 is 0 Å². The lowest BCUT2D eigenvalue weighted by Crippen LogP contribution is -2.24. The van der Waals surface area contributed by atoms with Crippen molar-refractivity contribution in [3.63, 3.8) is 0 Å². The molecular formula is C29H31FNO5P. The Labute approximate surface area is 217 Å². The summed E-state index contributed by atoms with van der Waals surface area (Å²) in [7, 11) is -1.65. The second kappa shape index (κ2) is 12.8. The molecule has 0 saturated heterocycles. The fourth-order valence-corrected chi connectivity index (χ4v) is 5.74. The average molecular weight is 524 g/mol. The van der Waals surface area contributed by atoms with Gasteiger partial charge in [-0.1, -0.05) is 69.7 Å². The summed E-state index contributed by atoms with van der Waals surface area (Å²) in [6.45, 7) is 5.87. The van der Waals surface area contributed by atoms with Gasteiger partial charge in [0.05, 0.1) is 23.9 Å². The molecule has 1 aromatic heterocycles. The third kappa shape index (κ3) is 6.34. The fraction of sp³-hybridized carbons (Fsp3) is 0.310. The van der Waals surface area contributed by atoms with Crippen LogP contribution in [0.5, 0.6) is 0 Å². The van der Waals surface area contributed by atoms with Crippen molar-refractivity contribution in [2.24, 2.45) is 0 Å². The zero-order valence-corrected chi connectivity index (χ0v) is 22.3. The molecule has 3 rings (SSSR count). The molecule has 1 N–H and O–H groups in total. The van der Waals surface area contributed by atoms with Gasteiger partial charge in [-0.15, -0.1) is 0 Å². The lowest BCUT2D eigenvalue weighted by Gasteiger charge is -2.30. The minimum atomic E-state index is -2.95. The summed E-state index contributed by atoms with van der Waals surface area (Å²) in [6.07, 6.45) is 5.50. The smallest absolute Gasteiger partial charge is 0.322 e. The third-order valence-electron chi connectivity index (χ3n) is 6.15. The first-order chi connectivity index (χ1) is 17.7. The van der Waals surface area contributed by atoms with Gasteiger partial charge in [0, 0.05) is 18.4 Å². The van der Waals surface area contributed by atoms with E-state index in [9.17, 15) is 18.9 Å². The van der Waals surface area contributed by atoms with Gasteiger partial charge in [0.15, 0.2) is 0 Å². The number of rotatable bonds is 10. The fourth-order valence-electron chi connectivity index (χ4n) is 4.53. The average Bonchev–Trinajstić information content (AvgIpc) is 2.89. The largest absolute Gasteiger partial charge is 0.391 e. The Bertz CT molecular complexity index is 1300. The molecule has 0 radical (unpaired) electrons. The molecule has 6 nitrogen and oxygen atoms in total. The Balaban J connectivity index is 2.45. The van der Waals surface area contributed by atoms with Gasteiger partial charge in [-0.05, 0) is 46.7 Å². The van der Waals surface area contributed by atoms with Crippen molar-refractivity contribution in [2.75, 3.05) is 7.11 Å². The topological polar surface area (TPSA) is 85.7 Å². The van der Waals surface area contributed by atoms with Crippen LogP contribution in [0.4, 0.5) is 4.39 Å². The summed E-state index contributed by atoms with van der Waals surface area (Å²) in [5.74, 6) is -1.38. The molecule has 3 aromatic rings. The molecule has 194 valence electrons. The number of pyridine rings is 1. The standard InChI is InChI=1S/C29H31FNO5P/c1-6-22-25(19-13-15-21(30)16-14-19)26(29(37(34)35-5)23(32)17-24(33)36-7-2)27(18(3)4)31-28(22)20-11-9-8-10-12-20/h2,8-16,18,23,29,32,37H,6,17H2,1,3-5H3. The number of carbonyl (C=O) groups excluding carboxylic acids is 1. The van der Waals surface area contributed by atoms with Crippen LogP contribution < -0.4 is 0 Å². The molecule has 3 unspecified atom stereocenters. The Morgan fingerprint density at radius 2 is 1.78 bits per heavy atom. The van der Waals surface area contributed by atoms with E-state index < -0.39 is 38.0 Å². The third-order valence-corrected chi connectivity index (χ3v) is 7.73. The van der Waals surface area contributed by atoms with E-state index in [-0.39, 0.29) is 5.92 Å². The molecule has 1 heterocycles. The number of ether oxygens (including phenoxy) is 1. The highest BCUT2D eigenvalue weighted by Crippen LogP contribution is 2.52. The lowest BCUT2D eigenvalue weighted by molar-refractivity contribution is -0.139. The van der Waals surface area contributed by atoms with E-state index in [2.05, 4.69) is 4.74 Å². The molecule has 0 amide bonds. The minimum absolute atomic E-state index is 0.151. The zero-order valence-electron chi connectivity index (χ0n) is 21.3. The van der Waals surface area contributed by atoms with E-state index in [0.29, 0.717) is 28.8 Å². The van der Waals surface area contributed by atoms with Crippen LogP contribution in [0.15, 0.2) is 54.6 Å². The number of aliphatic hydroxyl groups excluding tert-OH is 1. The van der Waals surface area contributed by atoms with Gasteiger partial charge >= 0.3 is 5.97 Å². The van der Waals surface area contributed by atoms with Crippen LogP contribution in [0.25, 0.3) is 22.4 Å². The number of hydrogen-bond donors (Lipinski definition) is 1. The summed E-state index contributed by atoms with van der Waals surface area (Å²) >= 11 is 0. The number of aliphatic hydroxyl groups is 1. The van der Waals surface area contributed by atoms with Gasteiger partial charge in [-0.2, -0.15) is 0 Å². The van der Waals surface area contributed by atoms with Crippen LogP contribution >= 0.6 is 8.03 Å². The minimum Gasteiger partial charge on any atom is -0.391 e. The first kappa shape index (κ1) is 28.3. The second-order valence-corrected chi connectivity index (χ2v) is 10.5. The van der Waals surface area contributed by atoms with E-state index in [1.54, 1.807) is 18.2 Å². The maximum absolute atomic E-state index is 13.9. The van der Waals surface area contributed by atoms with Crippen LogP contribution in [0.1, 0.15) is 55.6 Å².